The Morgan fingerprint density at radius 2 is 2.04 bits per heavy atom. The number of carbonyl (C=O) groups excluding carboxylic acids is 2. The number of primary amides is 1. The largest absolute Gasteiger partial charge is 0.471 e. The highest BCUT2D eigenvalue weighted by Gasteiger charge is 2.18. The maximum absolute atomic E-state index is 12.4. The average Bonchev–Trinajstić information content (AvgIpc) is 3.29. The lowest BCUT2D eigenvalue weighted by Crippen LogP contribution is -2.18. The smallest absolute Gasteiger partial charge is 0.276 e. The van der Waals surface area contributed by atoms with E-state index in [4.69, 9.17) is 22.1 Å². The average molecular weight is 403 g/mol. The van der Waals surface area contributed by atoms with Crippen LogP contribution in [0.1, 0.15) is 33.5 Å². The molecule has 2 aromatic heterocycles. The zero-order valence-corrected chi connectivity index (χ0v) is 16.1. The van der Waals surface area contributed by atoms with E-state index in [9.17, 15) is 9.59 Å². The highest BCUT2D eigenvalue weighted by molar-refractivity contribution is 6.31. The standard InChI is InChI=1S/C18H19ClN6O3/c1-3-24-9-15(16(23-24)17(20)26)21-18(27)14-6-7-25(22-14)10-28-12-4-5-13(19)11(2)8-12/h4-9H,3,10H2,1-2H3,(H2,20,26)(H,21,27). The third-order valence-electron chi connectivity index (χ3n) is 3.93. The fraction of sp³-hybridized carbons (Fsp3) is 0.222. The van der Waals surface area contributed by atoms with Gasteiger partial charge in [-0.3, -0.25) is 14.3 Å². The molecule has 3 N–H and O–H groups in total. The van der Waals surface area contributed by atoms with Gasteiger partial charge in [-0.25, -0.2) is 4.68 Å². The second-order valence-corrected chi connectivity index (χ2v) is 6.40. The van der Waals surface area contributed by atoms with Crippen LogP contribution in [-0.4, -0.2) is 31.4 Å². The van der Waals surface area contributed by atoms with Gasteiger partial charge < -0.3 is 15.8 Å². The van der Waals surface area contributed by atoms with Crippen molar-refractivity contribution in [2.24, 2.45) is 5.73 Å². The minimum atomic E-state index is -0.723. The number of nitrogens with two attached hydrogens (primary N) is 1. The van der Waals surface area contributed by atoms with Gasteiger partial charge in [-0.15, -0.1) is 0 Å². The van der Waals surface area contributed by atoms with Crippen LogP contribution in [0.15, 0.2) is 36.7 Å². The van der Waals surface area contributed by atoms with Crippen molar-refractivity contribution in [1.82, 2.24) is 19.6 Å². The Morgan fingerprint density at radius 3 is 2.71 bits per heavy atom. The van der Waals surface area contributed by atoms with E-state index >= 15 is 0 Å². The number of anilines is 1. The molecule has 0 saturated heterocycles. The number of benzene rings is 1. The molecule has 0 atom stereocenters. The van der Waals surface area contributed by atoms with Crippen molar-refractivity contribution in [1.29, 1.82) is 0 Å². The first kappa shape index (κ1) is 19.4. The molecule has 0 fully saturated rings. The number of rotatable bonds is 7. The Labute approximate surface area is 166 Å². The first-order chi connectivity index (χ1) is 13.4. The van der Waals surface area contributed by atoms with Crippen LogP contribution < -0.4 is 15.8 Å². The first-order valence-corrected chi connectivity index (χ1v) is 8.86. The number of hydrogen-bond donors (Lipinski definition) is 2. The van der Waals surface area contributed by atoms with Crippen LogP contribution in [0.2, 0.25) is 5.02 Å². The van der Waals surface area contributed by atoms with Crippen molar-refractivity contribution < 1.29 is 14.3 Å². The Bertz CT molecular complexity index is 1030. The second-order valence-electron chi connectivity index (χ2n) is 5.99. The van der Waals surface area contributed by atoms with E-state index in [1.54, 1.807) is 30.6 Å². The lowest BCUT2D eigenvalue weighted by atomic mass is 10.2. The van der Waals surface area contributed by atoms with Gasteiger partial charge in [-0.1, -0.05) is 11.6 Å². The van der Waals surface area contributed by atoms with Crippen LogP contribution in [0, 0.1) is 6.92 Å². The maximum atomic E-state index is 12.4. The summed E-state index contributed by atoms with van der Waals surface area (Å²) in [5, 5.41) is 11.5. The van der Waals surface area contributed by atoms with Crippen LogP contribution in [0.4, 0.5) is 5.69 Å². The molecule has 0 bridgehead atoms. The van der Waals surface area contributed by atoms with Gasteiger partial charge in [-0.05, 0) is 43.7 Å². The SMILES string of the molecule is CCn1cc(NC(=O)c2ccn(COc3ccc(Cl)c(C)c3)n2)c(C(N)=O)n1. The van der Waals surface area contributed by atoms with Crippen molar-refractivity contribution in [3.63, 3.8) is 0 Å². The number of halogens is 1. The fourth-order valence-electron chi connectivity index (χ4n) is 2.45. The van der Waals surface area contributed by atoms with Crippen molar-refractivity contribution in [2.75, 3.05) is 5.32 Å². The summed E-state index contributed by atoms with van der Waals surface area (Å²) in [5.41, 5.74) is 6.60. The summed E-state index contributed by atoms with van der Waals surface area (Å²) in [7, 11) is 0. The highest BCUT2D eigenvalue weighted by atomic mass is 35.5. The number of amides is 2. The van der Waals surface area contributed by atoms with Crippen molar-refractivity contribution in [2.45, 2.75) is 27.1 Å². The number of ether oxygens (including phenoxy) is 1. The summed E-state index contributed by atoms with van der Waals surface area (Å²) in [4.78, 5) is 23.9. The van der Waals surface area contributed by atoms with E-state index in [0.717, 1.165) is 5.56 Å². The quantitative estimate of drug-likeness (QED) is 0.629. The third-order valence-corrected chi connectivity index (χ3v) is 4.36. The van der Waals surface area contributed by atoms with Crippen molar-refractivity contribution >= 4 is 29.1 Å². The van der Waals surface area contributed by atoms with Gasteiger partial charge in [-0.2, -0.15) is 10.2 Å². The first-order valence-electron chi connectivity index (χ1n) is 8.48. The summed E-state index contributed by atoms with van der Waals surface area (Å²) in [6.45, 7) is 4.39. The molecule has 2 amide bonds. The molecule has 0 aliphatic carbocycles. The van der Waals surface area contributed by atoms with Gasteiger partial charge in [0, 0.05) is 24.0 Å². The Morgan fingerprint density at radius 1 is 1.25 bits per heavy atom. The summed E-state index contributed by atoms with van der Waals surface area (Å²) < 4.78 is 8.63. The summed E-state index contributed by atoms with van der Waals surface area (Å²) >= 11 is 5.99. The molecular weight excluding hydrogens is 384 g/mol. The lowest BCUT2D eigenvalue weighted by molar-refractivity contribution is 0.0995. The monoisotopic (exact) mass is 402 g/mol. The molecule has 1 aromatic carbocycles. The molecule has 0 radical (unpaired) electrons. The van der Waals surface area contributed by atoms with Crippen LogP contribution in [0.5, 0.6) is 5.75 Å². The molecule has 0 unspecified atom stereocenters. The molecule has 0 spiro atoms. The van der Waals surface area contributed by atoms with E-state index in [-0.39, 0.29) is 23.8 Å². The minimum absolute atomic E-state index is 0.00364. The minimum Gasteiger partial charge on any atom is -0.471 e. The molecule has 2 heterocycles. The normalized spacial score (nSPS) is 10.7. The van der Waals surface area contributed by atoms with Gasteiger partial charge in [0.25, 0.3) is 11.8 Å². The number of nitrogens with one attached hydrogen (secondary N) is 1. The van der Waals surface area contributed by atoms with E-state index < -0.39 is 11.8 Å². The van der Waals surface area contributed by atoms with Gasteiger partial charge in [0.05, 0.1) is 5.69 Å². The predicted octanol–water partition coefficient (Wildman–Crippen LogP) is 2.45. The maximum Gasteiger partial charge on any atom is 0.276 e. The lowest BCUT2D eigenvalue weighted by Gasteiger charge is -2.07. The molecule has 0 aliphatic rings. The number of hydrogen-bond acceptors (Lipinski definition) is 5. The number of carbonyl (C=O) groups is 2. The summed E-state index contributed by atoms with van der Waals surface area (Å²) in [5.74, 6) is -0.569. The Balaban J connectivity index is 1.66. The zero-order valence-electron chi connectivity index (χ0n) is 15.3. The van der Waals surface area contributed by atoms with Crippen LogP contribution in [0.25, 0.3) is 0 Å². The molecule has 0 aliphatic heterocycles. The Kier molecular flexibility index (Phi) is 5.65. The fourth-order valence-corrected chi connectivity index (χ4v) is 2.56. The van der Waals surface area contributed by atoms with Crippen LogP contribution in [-0.2, 0) is 13.3 Å². The molecule has 146 valence electrons. The second kappa shape index (κ2) is 8.13. The number of aryl methyl sites for hydroxylation is 2. The van der Waals surface area contributed by atoms with Gasteiger partial charge >= 0.3 is 0 Å². The molecule has 9 nitrogen and oxygen atoms in total. The highest BCUT2D eigenvalue weighted by Crippen LogP contribution is 2.21. The molecule has 3 aromatic rings. The van der Waals surface area contributed by atoms with Gasteiger partial charge in [0.15, 0.2) is 18.1 Å². The van der Waals surface area contributed by atoms with E-state index in [1.807, 2.05) is 19.9 Å². The Hall–Kier alpha value is -3.33. The zero-order chi connectivity index (χ0) is 20.3. The van der Waals surface area contributed by atoms with Gasteiger partial charge in [0.1, 0.15) is 5.75 Å². The molecular formula is C18H19ClN6O3. The number of nitrogens with zero attached hydrogens (tertiary/aromatic N) is 4. The molecule has 3 rings (SSSR count). The number of aromatic nitrogens is 4. The van der Waals surface area contributed by atoms with Gasteiger partial charge in [0.2, 0.25) is 0 Å². The molecule has 0 saturated carbocycles. The van der Waals surface area contributed by atoms with Crippen LogP contribution >= 0.6 is 11.6 Å². The van der Waals surface area contributed by atoms with E-state index in [1.165, 1.54) is 9.36 Å². The van der Waals surface area contributed by atoms with Crippen molar-refractivity contribution in [3.8, 4) is 5.75 Å². The summed E-state index contributed by atoms with van der Waals surface area (Å²) in [6.07, 6.45) is 3.16. The van der Waals surface area contributed by atoms with E-state index in [2.05, 4.69) is 15.5 Å². The van der Waals surface area contributed by atoms with Crippen LogP contribution in [0.3, 0.4) is 0 Å². The molecule has 10 heteroatoms. The topological polar surface area (TPSA) is 117 Å². The molecule has 28 heavy (non-hydrogen) atoms. The van der Waals surface area contributed by atoms with E-state index in [0.29, 0.717) is 17.3 Å². The van der Waals surface area contributed by atoms with Crippen molar-refractivity contribution in [3.05, 3.63) is 58.6 Å². The predicted molar refractivity (Wildman–Crippen MR) is 103 cm³/mol. The third kappa shape index (κ3) is 4.32. The summed E-state index contributed by atoms with van der Waals surface area (Å²) in [6, 6.07) is 6.86.